The van der Waals surface area contributed by atoms with E-state index in [1.54, 1.807) is 10.8 Å². The van der Waals surface area contributed by atoms with Crippen LogP contribution in [0.1, 0.15) is 5.89 Å². The first kappa shape index (κ1) is 7.90. The van der Waals surface area contributed by atoms with Gasteiger partial charge in [-0.1, -0.05) is 10.8 Å². The van der Waals surface area contributed by atoms with Crippen LogP contribution in [0.3, 0.4) is 0 Å². The molecular formula is C4H7N3OS2. The summed E-state index contributed by atoms with van der Waals surface area (Å²) in [4.78, 5) is 0. The van der Waals surface area contributed by atoms with E-state index in [0.717, 1.165) is 0 Å². The van der Waals surface area contributed by atoms with Crippen molar-refractivity contribution in [2.75, 3.05) is 6.26 Å². The summed E-state index contributed by atoms with van der Waals surface area (Å²) >= 11 is 0. The molecule has 0 saturated carbocycles. The first-order valence-corrected chi connectivity index (χ1v) is 5.15. The molecule has 1 rings (SSSR count). The zero-order valence-corrected chi connectivity index (χ0v) is 7.04. The summed E-state index contributed by atoms with van der Waals surface area (Å²) in [7, 11) is 2.99. The minimum absolute atomic E-state index is 0.307. The summed E-state index contributed by atoms with van der Waals surface area (Å²) in [6.45, 7) is 0.307. The quantitative estimate of drug-likeness (QED) is 0.692. The number of nitrogens with zero attached hydrogens (tertiary/aromatic N) is 2. The molecule has 0 atom stereocenters. The molecule has 56 valence electrons. The first-order chi connectivity index (χ1) is 4.86. The lowest BCUT2D eigenvalue weighted by Gasteiger charge is -1.84. The molecule has 0 bridgehead atoms. The molecule has 1 heterocycles. The number of aromatic nitrogens is 2. The molecule has 2 N–H and O–H groups in total. The van der Waals surface area contributed by atoms with Crippen molar-refractivity contribution in [1.29, 1.82) is 0 Å². The molecule has 1 aromatic heterocycles. The SMILES string of the molecule is CSSc1nnc(CN)o1. The highest BCUT2D eigenvalue weighted by molar-refractivity contribution is 8.76. The standard InChI is InChI=1S/C4H7N3OS2/c1-9-10-4-7-6-3(2-5)8-4/h2,5H2,1H3. The third-order valence-corrected chi connectivity index (χ3v) is 2.18. The van der Waals surface area contributed by atoms with Gasteiger partial charge in [-0.2, -0.15) is 0 Å². The topological polar surface area (TPSA) is 64.9 Å². The summed E-state index contributed by atoms with van der Waals surface area (Å²) in [5.41, 5.74) is 5.25. The van der Waals surface area contributed by atoms with E-state index in [9.17, 15) is 0 Å². The van der Waals surface area contributed by atoms with E-state index < -0.39 is 0 Å². The smallest absolute Gasteiger partial charge is 0.287 e. The zero-order valence-electron chi connectivity index (χ0n) is 5.40. The molecule has 0 aliphatic heterocycles. The predicted molar refractivity (Wildman–Crippen MR) is 41.6 cm³/mol. The minimum atomic E-state index is 0.307. The van der Waals surface area contributed by atoms with E-state index >= 15 is 0 Å². The summed E-state index contributed by atoms with van der Waals surface area (Å²) in [6.07, 6.45) is 1.94. The first-order valence-electron chi connectivity index (χ1n) is 2.60. The van der Waals surface area contributed by atoms with Crippen molar-refractivity contribution in [2.24, 2.45) is 5.73 Å². The molecule has 10 heavy (non-hydrogen) atoms. The Balaban J connectivity index is 2.59. The van der Waals surface area contributed by atoms with Crippen LogP contribution in [0.2, 0.25) is 0 Å². The van der Waals surface area contributed by atoms with Crippen molar-refractivity contribution >= 4 is 21.6 Å². The molecule has 0 radical (unpaired) electrons. The average Bonchev–Trinajstić information content (AvgIpc) is 2.37. The normalized spacial score (nSPS) is 10.2. The third kappa shape index (κ3) is 1.89. The van der Waals surface area contributed by atoms with Crippen LogP contribution >= 0.6 is 21.6 Å². The second kappa shape index (κ2) is 3.85. The van der Waals surface area contributed by atoms with E-state index in [2.05, 4.69) is 10.2 Å². The minimum Gasteiger partial charge on any atom is -0.414 e. The Bertz CT molecular complexity index is 202. The van der Waals surface area contributed by atoms with Crippen molar-refractivity contribution in [3.63, 3.8) is 0 Å². The van der Waals surface area contributed by atoms with Crippen molar-refractivity contribution in [3.8, 4) is 0 Å². The second-order valence-electron chi connectivity index (χ2n) is 1.42. The fourth-order valence-electron chi connectivity index (χ4n) is 0.426. The highest BCUT2D eigenvalue weighted by Gasteiger charge is 2.02. The lowest BCUT2D eigenvalue weighted by atomic mass is 10.7. The zero-order chi connectivity index (χ0) is 7.40. The molecule has 0 amide bonds. The van der Waals surface area contributed by atoms with E-state index in [-0.39, 0.29) is 0 Å². The van der Waals surface area contributed by atoms with Crippen LogP contribution in [-0.4, -0.2) is 16.5 Å². The van der Waals surface area contributed by atoms with Gasteiger partial charge in [0.25, 0.3) is 5.22 Å². The maximum Gasteiger partial charge on any atom is 0.287 e. The maximum absolute atomic E-state index is 5.25. The van der Waals surface area contributed by atoms with Crippen molar-refractivity contribution in [1.82, 2.24) is 10.2 Å². The summed E-state index contributed by atoms with van der Waals surface area (Å²) in [6, 6.07) is 0. The van der Waals surface area contributed by atoms with Crippen molar-refractivity contribution < 1.29 is 4.42 Å². The largest absolute Gasteiger partial charge is 0.414 e. The van der Waals surface area contributed by atoms with Gasteiger partial charge in [-0.05, 0) is 6.26 Å². The molecule has 1 aromatic rings. The Morgan fingerprint density at radius 1 is 1.60 bits per heavy atom. The average molecular weight is 177 g/mol. The number of rotatable bonds is 3. The van der Waals surface area contributed by atoms with E-state index in [1.165, 1.54) is 10.8 Å². The maximum atomic E-state index is 5.25. The van der Waals surface area contributed by atoms with E-state index in [4.69, 9.17) is 10.2 Å². The Morgan fingerprint density at radius 2 is 2.40 bits per heavy atom. The molecule has 0 aromatic carbocycles. The second-order valence-corrected chi connectivity index (χ2v) is 3.77. The number of hydrogen-bond donors (Lipinski definition) is 1. The van der Waals surface area contributed by atoms with Gasteiger partial charge < -0.3 is 10.2 Å². The summed E-state index contributed by atoms with van der Waals surface area (Å²) in [5, 5.41) is 7.96. The molecule has 6 heteroatoms. The molecule has 0 spiro atoms. The molecular weight excluding hydrogens is 170 g/mol. The van der Waals surface area contributed by atoms with Crippen molar-refractivity contribution in [2.45, 2.75) is 11.8 Å². The van der Waals surface area contributed by atoms with Gasteiger partial charge in [0, 0.05) is 10.8 Å². The van der Waals surface area contributed by atoms with Crippen LogP contribution in [0, 0.1) is 0 Å². The summed E-state index contributed by atoms with van der Waals surface area (Å²) in [5.74, 6) is 0.483. The fraction of sp³-hybridized carbons (Fsp3) is 0.500. The predicted octanol–water partition coefficient (Wildman–Crippen LogP) is 0.898. The van der Waals surface area contributed by atoms with Gasteiger partial charge in [0.15, 0.2) is 0 Å². The number of nitrogens with two attached hydrogens (primary N) is 1. The van der Waals surface area contributed by atoms with Gasteiger partial charge >= 0.3 is 0 Å². The van der Waals surface area contributed by atoms with Crippen LogP contribution in [0.5, 0.6) is 0 Å². The van der Waals surface area contributed by atoms with Gasteiger partial charge in [0.05, 0.1) is 6.54 Å². The lowest BCUT2D eigenvalue weighted by molar-refractivity contribution is 0.416. The van der Waals surface area contributed by atoms with E-state index in [0.29, 0.717) is 17.7 Å². The van der Waals surface area contributed by atoms with Crippen LogP contribution < -0.4 is 5.73 Å². The Morgan fingerprint density at radius 3 is 2.90 bits per heavy atom. The van der Waals surface area contributed by atoms with Gasteiger partial charge in [-0.15, -0.1) is 10.2 Å². The van der Waals surface area contributed by atoms with Crippen LogP contribution in [0.4, 0.5) is 0 Å². The Labute approximate surface area is 66.3 Å². The summed E-state index contributed by atoms with van der Waals surface area (Å²) < 4.78 is 5.07. The Kier molecular flexibility index (Phi) is 3.04. The van der Waals surface area contributed by atoms with E-state index in [1.807, 2.05) is 6.26 Å². The van der Waals surface area contributed by atoms with Crippen molar-refractivity contribution in [3.05, 3.63) is 5.89 Å². The van der Waals surface area contributed by atoms with Gasteiger partial charge in [-0.25, -0.2) is 0 Å². The number of hydrogen-bond acceptors (Lipinski definition) is 6. The van der Waals surface area contributed by atoms with Gasteiger partial charge in [0.1, 0.15) is 0 Å². The molecule has 4 nitrogen and oxygen atoms in total. The van der Waals surface area contributed by atoms with Crippen LogP contribution in [0.15, 0.2) is 9.64 Å². The monoisotopic (exact) mass is 177 g/mol. The fourth-order valence-corrected chi connectivity index (χ4v) is 1.40. The van der Waals surface area contributed by atoms with Gasteiger partial charge in [-0.3, -0.25) is 0 Å². The third-order valence-electron chi connectivity index (χ3n) is 0.778. The van der Waals surface area contributed by atoms with Crippen LogP contribution in [-0.2, 0) is 6.54 Å². The lowest BCUT2D eigenvalue weighted by Crippen LogP contribution is -1.95. The molecule has 0 saturated heterocycles. The molecule has 0 aliphatic carbocycles. The molecule has 0 fully saturated rings. The van der Waals surface area contributed by atoms with Gasteiger partial charge in [0.2, 0.25) is 5.89 Å². The Hall–Kier alpha value is -0.200. The highest BCUT2D eigenvalue weighted by atomic mass is 33.1. The highest BCUT2D eigenvalue weighted by Crippen LogP contribution is 2.26. The van der Waals surface area contributed by atoms with Crippen LogP contribution in [0.25, 0.3) is 0 Å². The molecule has 0 unspecified atom stereocenters. The molecule has 0 aliphatic rings.